The Hall–Kier alpha value is -0.720. The van der Waals surface area contributed by atoms with E-state index in [9.17, 15) is 0 Å². The third-order valence-electron chi connectivity index (χ3n) is 3.13. The van der Waals surface area contributed by atoms with Gasteiger partial charge in [-0.25, -0.2) is 4.98 Å². The number of anilines is 1. The number of nitrogens with two attached hydrogens (primary N) is 1. The second-order valence-electron chi connectivity index (χ2n) is 4.10. The molecular weight excluding hydrogens is 212 g/mol. The summed E-state index contributed by atoms with van der Waals surface area (Å²) in [5.74, 6) is 0.753. The Bertz CT molecular complexity index is 356. The molecule has 2 fully saturated rings. The van der Waals surface area contributed by atoms with Crippen LogP contribution in [-0.2, 0) is 4.74 Å². The Morgan fingerprint density at radius 1 is 1.53 bits per heavy atom. The number of nitrogen functional groups attached to an aromatic ring is 1. The van der Waals surface area contributed by atoms with E-state index in [1.165, 1.54) is 30.9 Å². The summed E-state index contributed by atoms with van der Waals surface area (Å²) in [6, 6.07) is 0.622. The highest BCUT2D eigenvalue weighted by Gasteiger charge is 2.34. The number of rotatable bonds is 1. The Balaban J connectivity index is 1.73. The van der Waals surface area contributed by atoms with Crippen LogP contribution in [0.25, 0.3) is 0 Å². The standard InChI is InChI=1S/C9H14N4OS/c10-9-11-8(12-15-9)7-4-13-3-1-2-6(13)5-14-7/h6-7H,1-5H2,(H2,10,11,12). The Labute approximate surface area is 92.4 Å². The van der Waals surface area contributed by atoms with Crippen LogP contribution < -0.4 is 5.73 Å². The number of hydrogen-bond acceptors (Lipinski definition) is 6. The molecule has 0 radical (unpaired) electrons. The van der Waals surface area contributed by atoms with Crippen molar-refractivity contribution in [1.82, 2.24) is 14.3 Å². The molecule has 2 atom stereocenters. The van der Waals surface area contributed by atoms with Crippen molar-refractivity contribution in [1.29, 1.82) is 0 Å². The fourth-order valence-corrected chi connectivity index (χ4v) is 2.83. The van der Waals surface area contributed by atoms with Crippen LogP contribution in [0.2, 0.25) is 0 Å². The number of hydrogen-bond donors (Lipinski definition) is 1. The zero-order valence-corrected chi connectivity index (χ0v) is 9.24. The zero-order chi connectivity index (χ0) is 10.3. The van der Waals surface area contributed by atoms with Crippen molar-refractivity contribution in [3.63, 3.8) is 0 Å². The Morgan fingerprint density at radius 2 is 2.47 bits per heavy atom. The van der Waals surface area contributed by atoms with Gasteiger partial charge in [-0.05, 0) is 19.4 Å². The molecule has 2 unspecified atom stereocenters. The normalized spacial score (nSPS) is 31.7. The van der Waals surface area contributed by atoms with Gasteiger partial charge in [0.05, 0.1) is 6.61 Å². The summed E-state index contributed by atoms with van der Waals surface area (Å²) in [5.41, 5.74) is 5.57. The summed E-state index contributed by atoms with van der Waals surface area (Å²) in [5, 5.41) is 0.525. The fraction of sp³-hybridized carbons (Fsp3) is 0.778. The molecule has 0 saturated carbocycles. The molecule has 2 aliphatic rings. The first-order valence-corrected chi connectivity index (χ1v) is 6.05. The number of nitrogens with zero attached hydrogens (tertiary/aromatic N) is 3. The highest BCUT2D eigenvalue weighted by atomic mass is 32.1. The third-order valence-corrected chi connectivity index (χ3v) is 3.69. The van der Waals surface area contributed by atoms with E-state index in [1.807, 2.05) is 0 Å². The van der Waals surface area contributed by atoms with Crippen molar-refractivity contribution in [3.05, 3.63) is 5.82 Å². The van der Waals surface area contributed by atoms with Gasteiger partial charge in [0.1, 0.15) is 6.10 Å². The molecule has 2 aliphatic heterocycles. The third kappa shape index (κ3) is 1.73. The molecular formula is C9H14N4OS. The first-order valence-electron chi connectivity index (χ1n) is 5.27. The van der Waals surface area contributed by atoms with Crippen molar-refractivity contribution in [3.8, 4) is 0 Å². The van der Waals surface area contributed by atoms with Gasteiger partial charge in [-0.1, -0.05) is 0 Å². The second-order valence-corrected chi connectivity index (χ2v) is 4.89. The van der Waals surface area contributed by atoms with Crippen LogP contribution in [0.3, 0.4) is 0 Å². The summed E-state index contributed by atoms with van der Waals surface area (Å²) in [6.07, 6.45) is 2.57. The highest BCUT2D eigenvalue weighted by Crippen LogP contribution is 2.29. The van der Waals surface area contributed by atoms with Gasteiger partial charge in [-0.15, -0.1) is 0 Å². The minimum absolute atomic E-state index is 0.0212. The van der Waals surface area contributed by atoms with E-state index in [4.69, 9.17) is 10.5 Å². The Morgan fingerprint density at radius 3 is 3.27 bits per heavy atom. The quantitative estimate of drug-likeness (QED) is 0.762. The van der Waals surface area contributed by atoms with Gasteiger partial charge in [0, 0.05) is 24.1 Å². The summed E-state index contributed by atoms with van der Waals surface area (Å²) >= 11 is 1.24. The molecule has 15 heavy (non-hydrogen) atoms. The van der Waals surface area contributed by atoms with Gasteiger partial charge in [-0.3, -0.25) is 4.90 Å². The minimum atomic E-state index is 0.0212. The highest BCUT2D eigenvalue weighted by molar-refractivity contribution is 7.09. The van der Waals surface area contributed by atoms with Crippen LogP contribution in [-0.4, -0.2) is 40.0 Å². The van der Waals surface area contributed by atoms with E-state index in [0.717, 1.165) is 19.0 Å². The first kappa shape index (κ1) is 9.50. The van der Waals surface area contributed by atoms with E-state index >= 15 is 0 Å². The molecule has 1 aromatic heterocycles. The van der Waals surface area contributed by atoms with E-state index in [2.05, 4.69) is 14.3 Å². The lowest BCUT2D eigenvalue weighted by Crippen LogP contribution is -2.42. The van der Waals surface area contributed by atoms with E-state index in [0.29, 0.717) is 11.2 Å². The molecule has 2 saturated heterocycles. The van der Waals surface area contributed by atoms with Crippen LogP contribution in [0.5, 0.6) is 0 Å². The summed E-state index contributed by atoms with van der Waals surface area (Å²) < 4.78 is 9.98. The lowest BCUT2D eigenvalue weighted by Gasteiger charge is -2.33. The van der Waals surface area contributed by atoms with Gasteiger partial charge in [0.15, 0.2) is 11.0 Å². The molecule has 0 bridgehead atoms. The lowest BCUT2D eigenvalue weighted by molar-refractivity contribution is -0.0535. The van der Waals surface area contributed by atoms with Crippen molar-refractivity contribution in [2.24, 2.45) is 0 Å². The van der Waals surface area contributed by atoms with Crippen molar-refractivity contribution in [2.45, 2.75) is 25.0 Å². The maximum atomic E-state index is 5.78. The average Bonchev–Trinajstić information content (AvgIpc) is 2.84. The topological polar surface area (TPSA) is 64.3 Å². The van der Waals surface area contributed by atoms with Gasteiger partial charge in [0.2, 0.25) is 0 Å². The summed E-state index contributed by atoms with van der Waals surface area (Å²) in [4.78, 5) is 6.66. The molecule has 82 valence electrons. The molecule has 0 spiro atoms. The van der Waals surface area contributed by atoms with Gasteiger partial charge in [-0.2, -0.15) is 4.37 Å². The van der Waals surface area contributed by atoms with E-state index in [1.54, 1.807) is 0 Å². The van der Waals surface area contributed by atoms with Crippen LogP contribution in [0.15, 0.2) is 0 Å². The molecule has 5 nitrogen and oxygen atoms in total. The maximum Gasteiger partial charge on any atom is 0.200 e. The van der Waals surface area contributed by atoms with Crippen molar-refractivity contribution >= 4 is 16.7 Å². The number of aromatic nitrogens is 2. The smallest absolute Gasteiger partial charge is 0.200 e. The number of ether oxygens (including phenoxy) is 1. The molecule has 3 rings (SSSR count). The van der Waals surface area contributed by atoms with Crippen LogP contribution in [0, 0.1) is 0 Å². The SMILES string of the molecule is Nc1nc(C2CN3CCCC3CO2)ns1. The lowest BCUT2D eigenvalue weighted by atomic mass is 10.2. The average molecular weight is 226 g/mol. The predicted molar refractivity (Wildman–Crippen MR) is 57.6 cm³/mol. The van der Waals surface area contributed by atoms with Gasteiger partial charge < -0.3 is 10.5 Å². The molecule has 0 amide bonds. The minimum Gasteiger partial charge on any atom is -0.374 e. The van der Waals surface area contributed by atoms with Crippen LogP contribution >= 0.6 is 11.5 Å². The first-order chi connectivity index (χ1) is 7.33. The molecule has 1 aromatic rings. The van der Waals surface area contributed by atoms with Crippen LogP contribution in [0.4, 0.5) is 5.13 Å². The van der Waals surface area contributed by atoms with E-state index < -0.39 is 0 Å². The maximum absolute atomic E-state index is 5.78. The molecule has 6 heteroatoms. The van der Waals surface area contributed by atoms with Crippen molar-refractivity contribution in [2.75, 3.05) is 25.4 Å². The molecule has 0 aromatic carbocycles. The number of morpholine rings is 1. The summed E-state index contributed by atoms with van der Waals surface area (Å²) in [7, 11) is 0. The monoisotopic (exact) mass is 226 g/mol. The molecule has 0 aliphatic carbocycles. The van der Waals surface area contributed by atoms with Gasteiger partial charge >= 0.3 is 0 Å². The van der Waals surface area contributed by atoms with Crippen LogP contribution in [0.1, 0.15) is 24.8 Å². The summed E-state index contributed by atoms with van der Waals surface area (Å²) in [6.45, 7) is 2.91. The second kappa shape index (κ2) is 3.70. The van der Waals surface area contributed by atoms with E-state index in [-0.39, 0.29) is 6.10 Å². The largest absolute Gasteiger partial charge is 0.374 e. The molecule has 3 heterocycles. The van der Waals surface area contributed by atoms with Crippen molar-refractivity contribution < 1.29 is 4.74 Å². The predicted octanol–water partition coefficient (Wildman–Crippen LogP) is 0.656. The number of fused-ring (bicyclic) bond motifs is 1. The van der Waals surface area contributed by atoms with Gasteiger partial charge in [0.25, 0.3) is 0 Å². The Kier molecular flexibility index (Phi) is 2.34. The fourth-order valence-electron chi connectivity index (χ4n) is 2.35. The zero-order valence-electron chi connectivity index (χ0n) is 8.43. The molecule has 2 N–H and O–H groups in total.